The Morgan fingerprint density at radius 3 is 0.522 bits per heavy atom. The van der Waals surface area contributed by atoms with Crippen LogP contribution in [0.25, 0.3) is 0 Å². The number of imidazole rings is 6. The first-order valence-electron chi connectivity index (χ1n) is 18.8. The molecule has 0 amide bonds. The van der Waals surface area contributed by atoms with Crippen molar-refractivity contribution in [3.05, 3.63) is 109 Å². The smallest absolute Gasteiger partial charge is 0.548 e. The molecular weight excluding hydrogens is 972 g/mol. The van der Waals surface area contributed by atoms with E-state index < -0.39 is 72.1 Å². The number of aliphatic carboxylic acids is 6. The first-order valence-corrected chi connectivity index (χ1v) is 18.8. The third-order valence-corrected chi connectivity index (χ3v) is 7.72. The van der Waals surface area contributed by atoms with Gasteiger partial charge in [0, 0.05) is 112 Å². The molecule has 67 heavy (non-hydrogen) atoms. The molecule has 0 aliphatic rings. The molecule has 0 unspecified atom stereocenters. The molecule has 30 nitrogen and oxygen atoms in total. The van der Waals surface area contributed by atoms with Crippen molar-refractivity contribution in [2.24, 2.45) is 34.4 Å². The van der Waals surface area contributed by atoms with Gasteiger partial charge in [-0.05, 0) is 0 Å². The fourth-order valence-electron chi connectivity index (χ4n) is 4.27. The van der Waals surface area contributed by atoms with E-state index in [0.29, 0.717) is 34.2 Å². The minimum Gasteiger partial charge on any atom is -0.548 e. The predicted octanol–water partition coefficient (Wildman–Crippen LogP) is -11.8. The third-order valence-electron chi connectivity index (χ3n) is 7.72. The van der Waals surface area contributed by atoms with Crippen molar-refractivity contribution >= 4 is 35.8 Å². The van der Waals surface area contributed by atoms with Crippen LogP contribution >= 0.6 is 0 Å². The Morgan fingerprint density at radius 1 is 0.328 bits per heavy atom. The maximum Gasteiger partial charge on any atom is 6.00 e. The third kappa shape index (κ3) is 27.5. The summed E-state index contributed by atoms with van der Waals surface area (Å²) < 4.78 is 0. The maximum atomic E-state index is 10.2. The second-order valence-corrected chi connectivity index (χ2v) is 13.1. The van der Waals surface area contributed by atoms with Crippen molar-refractivity contribution in [1.82, 2.24) is 59.8 Å². The van der Waals surface area contributed by atoms with Gasteiger partial charge < -0.3 is 124 Å². The molecule has 0 radical (unpaired) electrons. The number of H-pyrrole nitrogens is 6. The topological polar surface area (TPSA) is 569 Å². The van der Waals surface area contributed by atoms with Crippen LogP contribution in [0.2, 0.25) is 0 Å². The summed E-state index contributed by atoms with van der Waals surface area (Å²) in [5.41, 5.74) is 34.9. The Bertz CT molecular complexity index is 1800. The zero-order valence-corrected chi connectivity index (χ0v) is 37.1. The molecule has 0 bridgehead atoms. The van der Waals surface area contributed by atoms with E-state index in [1.165, 1.54) is 38.0 Å². The van der Waals surface area contributed by atoms with Crippen LogP contribution in [0.4, 0.5) is 0 Å². The van der Waals surface area contributed by atoms with Crippen LogP contribution in [0.15, 0.2) is 75.1 Å². The first kappa shape index (κ1) is 59.5. The molecular formula is C36H48MoN18O12. The Balaban J connectivity index is 0.000000778. The molecule has 6 atom stereocenters. The summed E-state index contributed by atoms with van der Waals surface area (Å²) >= 11 is 0. The molecule has 6 heterocycles. The van der Waals surface area contributed by atoms with E-state index >= 15 is 0 Å². The van der Waals surface area contributed by atoms with Crippen LogP contribution in [0.1, 0.15) is 34.2 Å². The standard InChI is InChI=1S/6C6H9N3O2.Mo/c6*7-5(6(10)11)1-4-2-8-3-9-4;/h6*2-3,5H,1,7H2,(H,8,9)(H,10,11);/q;;;;;;+6/p-6/t6*5-;/m000000./s1. The molecule has 6 aromatic rings. The SMILES string of the molecule is N[C@@H](Cc1c[nH]cn1)C(=O)[O-].N[C@@H](Cc1c[nH]cn1)C(=O)[O-].N[C@@H](Cc1c[nH]cn1)C(=O)[O-].N[C@@H](Cc1c[nH]cn1)C(=O)[O-].N[C@@H](Cc1c[nH]cn1)C(=O)[O-].N[C@@H](Cc1c[nH]cn1)C(=O)[O-].[Mo+6]. The number of nitrogens with one attached hydrogen (secondary N) is 6. The summed E-state index contributed by atoms with van der Waals surface area (Å²) in [7, 11) is 0. The molecule has 0 saturated carbocycles. The summed E-state index contributed by atoms with van der Waals surface area (Å²) in [6.45, 7) is 0. The molecule has 31 heteroatoms. The van der Waals surface area contributed by atoms with Gasteiger partial charge in [-0.15, -0.1) is 0 Å². The fraction of sp³-hybridized carbons (Fsp3) is 0.333. The Kier molecular flexibility index (Phi) is 29.4. The van der Waals surface area contributed by atoms with E-state index in [1.54, 1.807) is 37.2 Å². The number of carbonyl (C=O) groups is 6. The van der Waals surface area contributed by atoms with Gasteiger partial charge >= 0.3 is 21.1 Å². The summed E-state index contributed by atoms with van der Waals surface area (Å²) in [6, 6.07) is -5.84. The number of aromatic amines is 6. The van der Waals surface area contributed by atoms with Crippen molar-refractivity contribution in [2.45, 2.75) is 74.8 Å². The monoisotopic (exact) mass is 1020 g/mol. The van der Waals surface area contributed by atoms with Crippen LogP contribution in [0, 0.1) is 0 Å². The van der Waals surface area contributed by atoms with Gasteiger partial charge in [0.15, 0.2) is 0 Å². The molecule has 6 rings (SSSR count). The summed E-state index contributed by atoms with van der Waals surface area (Å²) in [5.74, 6) is -7.54. The average molecular weight is 1020 g/mol. The van der Waals surface area contributed by atoms with Gasteiger partial charge in [-0.3, -0.25) is 0 Å². The van der Waals surface area contributed by atoms with Crippen molar-refractivity contribution in [2.75, 3.05) is 0 Å². The normalized spacial score (nSPS) is 12.6. The molecule has 0 aliphatic carbocycles. The molecule has 0 saturated heterocycles. The first-order chi connectivity index (χ1) is 31.2. The van der Waals surface area contributed by atoms with Gasteiger partial charge in [0.2, 0.25) is 0 Å². The number of carbonyl (C=O) groups excluding carboxylic acids is 6. The largest absolute Gasteiger partial charge is 6.00 e. The Morgan fingerprint density at radius 2 is 0.448 bits per heavy atom. The van der Waals surface area contributed by atoms with Crippen molar-refractivity contribution < 1.29 is 80.5 Å². The van der Waals surface area contributed by atoms with E-state index in [-0.39, 0.29) is 59.6 Å². The quantitative estimate of drug-likeness (QED) is 0.0356. The molecule has 0 spiro atoms. The molecule has 6 aromatic heterocycles. The van der Waals surface area contributed by atoms with E-state index in [1.807, 2.05) is 0 Å². The van der Waals surface area contributed by atoms with E-state index in [9.17, 15) is 59.4 Å². The summed E-state index contributed by atoms with van der Waals surface area (Å²) in [5, 5.41) is 60.9. The molecule has 360 valence electrons. The summed E-state index contributed by atoms with van der Waals surface area (Å²) in [4.78, 5) is 99.9. The second-order valence-electron chi connectivity index (χ2n) is 13.1. The maximum absolute atomic E-state index is 10.2. The van der Waals surface area contributed by atoms with Gasteiger partial charge in [-0.25, -0.2) is 29.9 Å². The Labute approximate surface area is 393 Å². The number of aromatic nitrogens is 12. The van der Waals surface area contributed by atoms with Crippen LogP contribution < -0.4 is 65.0 Å². The van der Waals surface area contributed by atoms with Gasteiger partial charge in [-0.1, -0.05) is 0 Å². The van der Waals surface area contributed by atoms with Crippen LogP contribution in [-0.2, 0) is 88.4 Å². The minimum atomic E-state index is -1.26. The van der Waals surface area contributed by atoms with Gasteiger partial charge in [0.05, 0.1) is 108 Å². The number of carboxylic acid groups (broad SMARTS) is 6. The number of hydrogen-bond acceptors (Lipinski definition) is 24. The zero-order valence-electron chi connectivity index (χ0n) is 35.1. The number of rotatable bonds is 18. The van der Waals surface area contributed by atoms with Crippen LogP contribution in [0.3, 0.4) is 0 Å². The van der Waals surface area contributed by atoms with Gasteiger partial charge in [0.25, 0.3) is 0 Å². The van der Waals surface area contributed by atoms with Crippen molar-refractivity contribution in [1.29, 1.82) is 0 Å². The van der Waals surface area contributed by atoms with Crippen molar-refractivity contribution in [3.8, 4) is 0 Å². The summed E-state index contributed by atoms with van der Waals surface area (Å²) in [6.07, 6.45) is 19.6. The van der Waals surface area contributed by atoms with Crippen LogP contribution in [-0.4, -0.2) is 132 Å². The van der Waals surface area contributed by atoms with E-state index in [4.69, 9.17) is 34.4 Å². The second kappa shape index (κ2) is 33.1. The molecule has 0 aromatic carbocycles. The average Bonchev–Trinajstić information content (AvgIpc) is 4.11. The molecule has 0 fully saturated rings. The zero-order chi connectivity index (χ0) is 49.6. The molecule has 18 N–H and O–H groups in total. The van der Waals surface area contributed by atoms with Crippen molar-refractivity contribution in [3.63, 3.8) is 0 Å². The minimum absolute atomic E-state index is 0. The van der Waals surface area contributed by atoms with Gasteiger partial charge in [0.1, 0.15) is 0 Å². The number of carboxylic acids is 6. The fourth-order valence-corrected chi connectivity index (χ4v) is 4.27. The number of hydrogen-bond donors (Lipinski definition) is 12. The Hall–Kier alpha value is -7.47. The number of nitrogens with zero attached hydrogens (tertiary/aromatic N) is 6. The number of nitrogens with two attached hydrogens (primary N) is 6. The van der Waals surface area contributed by atoms with Gasteiger partial charge in [-0.2, -0.15) is 0 Å². The molecule has 0 aliphatic heterocycles. The predicted molar refractivity (Wildman–Crippen MR) is 212 cm³/mol. The van der Waals surface area contributed by atoms with E-state index in [0.717, 1.165) is 0 Å². The van der Waals surface area contributed by atoms with E-state index in [2.05, 4.69) is 59.8 Å². The van der Waals surface area contributed by atoms with Crippen LogP contribution in [0.5, 0.6) is 0 Å².